The van der Waals surface area contributed by atoms with E-state index < -0.39 is 48.9 Å². The summed E-state index contributed by atoms with van der Waals surface area (Å²) in [5.74, 6) is -1.44. The van der Waals surface area contributed by atoms with Crippen molar-refractivity contribution in [2.24, 2.45) is 0 Å². The Morgan fingerprint density at radius 1 is 1.08 bits per heavy atom. The van der Waals surface area contributed by atoms with E-state index in [1.807, 2.05) is 0 Å². The second-order valence-electron chi connectivity index (χ2n) is 8.32. The molecular formula is C22H22N6O8. The molecule has 0 aliphatic carbocycles. The molecule has 0 bridgehead atoms. The fourth-order valence-corrected chi connectivity index (χ4v) is 4.04. The van der Waals surface area contributed by atoms with Gasteiger partial charge in [-0.1, -0.05) is 12.1 Å². The van der Waals surface area contributed by atoms with Gasteiger partial charge in [0.05, 0.1) is 19.4 Å². The highest BCUT2D eigenvalue weighted by Gasteiger charge is 2.44. The first-order valence-electron chi connectivity index (χ1n) is 11.1. The highest BCUT2D eigenvalue weighted by atomic mass is 16.7. The number of ether oxygens (including phenoxy) is 1. The molecule has 2 amide bonds. The molecule has 3 aromatic rings. The van der Waals surface area contributed by atoms with Crippen molar-refractivity contribution < 1.29 is 39.3 Å². The average molecular weight is 498 g/mol. The minimum absolute atomic E-state index is 0.0282. The number of fused-ring (bicyclic) bond motifs is 1. The largest absolute Gasteiger partial charge is 0.394 e. The third kappa shape index (κ3) is 4.37. The van der Waals surface area contributed by atoms with Crippen molar-refractivity contribution in [1.29, 1.82) is 0 Å². The van der Waals surface area contributed by atoms with E-state index in [1.165, 1.54) is 17.2 Å². The molecule has 2 aromatic heterocycles. The van der Waals surface area contributed by atoms with Crippen molar-refractivity contribution in [3.05, 3.63) is 42.5 Å². The first-order valence-corrected chi connectivity index (χ1v) is 11.1. The minimum atomic E-state index is -1.29. The normalized spacial score (nSPS) is 24.0. The number of imide groups is 1. The van der Waals surface area contributed by atoms with Gasteiger partial charge in [-0.15, -0.1) is 5.06 Å². The Kier molecular flexibility index (Phi) is 6.32. The number of hydroxylamine groups is 2. The van der Waals surface area contributed by atoms with Gasteiger partial charge in [-0.3, -0.25) is 14.2 Å². The molecule has 4 N–H and O–H groups in total. The third-order valence-electron chi connectivity index (χ3n) is 5.91. The summed E-state index contributed by atoms with van der Waals surface area (Å²) in [7, 11) is 0. The standard InChI is InChI=1S/C22H22N6O8/c29-8-13-18(33)19(34)22(35-13)27-10-25-17-20(23-9-24-21(17)27)26-12-3-1-11(2-4-12)7-16(32)36-28-14(30)5-6-15(28)31/h1-4,9-10,13,18-19,22,29,33-34H,5-8H2,(H,23,24,26)/t13-,18-,19-,22?/m1/s1. The van der Waals surface area contributed by atoms with Crippen LogP contribution in [0.2, 0.25) is 0 Å². The molecule has 2 aliphatic heterocycles. The Morgan fingerprint density at radius 2 is 1.81 bits per heavy atom. The van der Waals surface area contributed by atoms with Gasteiger partial charge in [0.25, 0.3) is 11.8 Å². The molecule has 4 heterocycles. The number of aromatic nitrogens is 4. The maximum absolute atomic E-state index is 12.1. The van der Waals surface area contributed by atoms with Crippen LogP contribution < -0.4 is 5.32 Å². The van der Waals surface area contributed by atoms with Gasteiger partial charge in [-0.25, -0.2) is 19.7 Å². The van der Waals surface area contributed by atoms with Crippen LogP contribution in [0.4, 0.5) is 11.5 Å². The summed E-state index contributed by atoms with van der Waals surface area (Å²) in [4.78, 5) is 52.9. The molecule has 0 spiro atoms. The van der Waals surface area contributed by atoms with E-state index in [1.54, 1.807) is 24.3 Å². The van der Waals surface area contributed by atoms with Crippen LogP contribution in [0.1, 0.15) is 24.6 Å². The second-order valence-corrected chi connectivity index (χ2v) is 8.32. The van der Waals surface area contributed by atoms with E-state index in [4.69, 9.17) is 9.57 Å². The van der Waals surface area contributed by atoms with Crippen LogP contribution in [0.5, 0.6) is 0 Å². The number of hydrogen-bond donors (Lipinski definition) is 4. The van der Waals surface area contributed by atoms with E-state index in [0.717, 1.165) is 0 Å². The fourth-order valence-electron chi connectivity index (χ4n) is 4.04. The highest BCUT2D eigenvalue weighted by molar-refractivity contribution is 6.01. The summed E-state index contributed by atoms with van der Waals surface area (Å²) in [6.45, 7) is -0.453. The predicted octanol–water partition coefficient (Wildman–Crippen LogP) is -0.669. The number of hydrogen-bond acceptors (Lipinski definition) is 12. The SMILES string of the molecule is O=C(Cc1ccc(Nc2ncnc3c2ncn3C2O[C@H](CO)[C@@H](O)[C@H]2O)cc1)ON1C(=O)CCC1=O. The molecule has 188 valence electrons. The monoisotopic (exact) mass is 498 g/mol. The van der Waals surface area contributed by atoms with Crippen molar-refractivity contribution in [3.63, 3.8) is 0 Å². The van der Waals surface area contributed by atoms with Crippen LogP contribution in [0.15, 0.2) is 36.9 Å². The Bertz CT molecular complexity index is 1300. The number of aliphatic hydroxyl groups is 3. The number of aliphatic hydroxyl groups excluding tert-OH is 3. The van der Waals surface area contributed by atoms with E-state index in [2.05, 4.69) is 20.3 Å². The zero-order valence-corrected chi connectivity index (χ0v) is 18.7. The van der Waals surface area contributed by atoms with Crippen molar-refractivity contribution in [3.8, 4) is 0 Å². The molecule has 2 aliphatic rings. The Labute approximate surface area is 203 Å². The zero-order chi connectivity index (χ0) is 25.4. The van der Waals surface area contributed by atoms with E-state index in [9.17, 15) is 29.7 Å². The summed E-state index contributed by atoms with van der Waals surface area (Å²) in [5.41, 5.74) is 1.95. The number of imidazole rings is 1. The summed E-state index contributed by atoms with van der Waals surface area (Å²) < 4.78 is 7.01. The summed E-state index contributed by atoms with van der Waals surface area (Å²) in [5, 5.41) is 33.3. The van der Waals surface area contributed by atoms with Crippen molar-refractivity contribution >= 4 is 40.5 Å². The molecule has 14 heteroatoms. The Hall–Kier alpha value is -3.98. The van der Waals surface area contributed by atoms with Crippen LogP contribution in [-0.4, -0.2) is 82.6 Å². The summed E-state index contributed by atoms with van der Waals surface area (Å²) in [6.07, 6.45) is -1.85. The summed E-state index contributed by atoms with van der Waals surface area (Å²) in [6, 6.07) is 6.75. The number of anilines is 2. The van der Waals surface area contributed by atoms with Gasteiger partial charge in [-0.2, -0.15) is 0 Å². The molecule has 0 saturated carbocycles. The zero-order valence-electron chi connectivity index (χ0n) is 18.7. The molecule has 14 nitrogen and oxygen atoms in total. The van der Waals surface area contributed by atoms with Crippen LogP contribution in [0, 0.1) is 0 Å². The molecule has 1 unspecified atom stereocenters. The highest BCUT2D eigenvalue weighted by Crippen LogP contribution is 2.32. The number of amides is 2. The van der Waals surface area contributed by atoms with Gasteiger partial charge in [0.2, 0.25) is 0 Å². The third-order valence-corrected chi connectivity index (χ3v) is 5.91. The van der Waals surface area contributed by atoms with Gasteiger partial charge in [-0.05, 0) is 17.7 Å². The maximum atomic E-state index is 12.1. The predicted molar refractivity (Wildman–Crippen MR) is 119 cm³/mol. The Balaban J connectivity index is 1.27. The smallest absolute Gasteiger partial charge is 0.337 e. The molecule has 5 rings (SSSR count). The number of nitrogens with one attached hydrogen (secondary N) is 1. The number of carbonyl (C=O) groups excluding carboxylic acids is 3. The van der Waals surface area contributed by atoms with Crippen LogP contribution in [0.25, 0.3) is 11.2 Å². The van der Waals surface area contributed by atoms with Crippen LogP contribution in [-0.2, 0) is 30.4 Å². The lowest BCUT2D eigenvalue weighted by Crippen LogP contribution is -2.33. The lowest BCUT2D eigenvalue weighted by molar-refractivity contribution is -0.197. The fraction of sp³-hybridized carbons (Fsp3) is 0.364. The van der Waals surface area contributed by atoms with Gasteiger partial charge in [0.1, 0.15) is 24.6 Å². The van der Waals surface area contributed by atoms with Crippen LogP contribution >= 0.6 is 0 Å². The molecule has 4 atom stereocenters. The molecule has 2 fully saturated rings. The molecule has 1 aromatic carbocycles. The second kappa shape index (κ2) is 9.58. The van der Waals surface area contributed by atoms with E-state index in [0.29, 0.717) is 33.3 Å². The summed E-state index contributed by atoms with van der Waals surface area (Å²) >= 11 is 0. The van der Waals surface area contributed by atoms with E-state index >= 15 is 0 Å². The lowest BCUT2D eigenvalue weighted by atomic mass is 10.1. The average Bonchev–Trinajstić information content (AvgIpc) is 3.52. The van der Waals surface area contributed by atoms with Crippen molar-refractivity contribution in [1.82, 2.24) is 24.6 Å². The minimum Gasteiger partial charge on any atom is -0.394 e. The Morgan fingerprint density at radius 3 is 2.47 bits per heavy atom. The molecule has 0 radical (unpaired) electrons. The molecule has 36 heavy (non-hydrogen) atoms. The molecular weight excluding hydrogens is 476 g/mol. The first kappa shape index (κ1) is 23.7. The molecule has 2 saturated heterocycles. The maximum Gasteiger partial charge on any atom is 0.337 e. The van der Waals surface area contributed by atoms with Crippen molar-refractivity contribution in [2.45, 2.75) is 43.8 Å². The number of carbonyl (C=O) groups is 3. The van der Waals surface area contributed by atoms with Gasteiger partial charge >= 0.3 is 5.97 Å². The first-order chi connectivity index (χ1) is 17.4. The lowest BCUT2D eigenvalue weighted by Gasteiger charge is -2.16. The van der Waals surface area contributed by atoms with Gasteiger partial charge in [0, 0.05) is 18.5 Å². The quantitative estimate of drug-likeness (QED) is 0.301. The van der Waals surface area contributed by atoms with Gasteiger partial charge in [0.15, 0.2) is 23.2 Å². The van der Waals surface area contributed by atoms with Gasteiger partial charge < -0.3 is 30.2 Å². The number of benzene rings is 1. The van der Waals surface area contributed by atoms with E-state index in [-0.39, 0.29) is 19.3 Å². The number of rotatable bonds is 7. The van der Waals surface area contributed by atoms with Crippen molar-refractivity contribution in [2.75, 3.05) is 11.9 Å². The number of nitrogens with zero attached hydrogens (tertiary/aromatic N) is 5. The topological polar surface area (TPSA) is 189 Å². The van der Waals surface area contributed by atoms with Crippen LogP contribution in [0.3, 0.4) is 0 Å².